The third kappa shape index (κ3) is 8.37. The van der Waals surface area contributed by atoms with Gasteiger partial charge in [0.1, 0.15) is 0 Å². The summed E-state index contributed by atoms with van der Waals surface area (Å²) < 4.78 is 24.5. The van der Waals surface area contributed by atoms with Gasteiger partial charge in [0, 0.05) is 33.7 Å². The second-order valence-electron chi connectivity index (χ2n) is 5.18. The Labute approximate surface area is 124 Å². The van der Waals surface area contributed by atoms with Crippen molar-refractivity contribution in [3.63, 3.8) is 0 Å². The first-order valence-corrected chi connectivity index (χ1v) is 8.83. The Bertz CT molecular complexity index is 380. The topological polar surface area (TPSA) is 73.8 Å². The molecule has 0 rings (SSSR count). The number of guanidine groups is 1. The van der Waals surface area contributed by atoms with E-state index in [1.165, 1.54) is 4.31 Å². The molecule has 0 aliphatic carbocycles. The van der Waals surface area contributed by atoms with Crippen LogP contribution in [0.25, 0.3) is 0 Å². The molecule has 0 aliphatic rings. The highest BCUT2D eigenvalue weighted by atomic mass is 32.2. The fraction of sp³-hybridized carbons (Fsp3) is 0.923. The van der Waals surface area contributed by atoms with Gasteiger partial charge in [0.25, 0.3) is 0 Å². The Balaban J connectivity index is 3.87. The average molecular weight is 306 g/mol. The number of aliphatic imine (C=N–C) groups is 1. The van der Waals surface area contributed by atoms with Gasteiger partial charge in [-0.2, -0.15) is 0 Å². The van der Waals surface area contributed by atoms with E-state index >= 15 is 0 Å². The lowest BCUT2D eigenvalue weighted by Crippen LogP contribution is -2.39. The Morgan fingerprint density at radius 2 is 1.85 bits per heavy atom. The van der Waals surface area contributed by atoms with E-state index in [2.05, 4.69) is 29.5 Å². The number of hydrogen-bond acceptors (Lipinski definition) is 3. The predicted molar refractivity (Wildman–Crippen MR) is 85.5 cm³/mol. The van der Waals surface area contributed by atoms with E-state index in [1.807, 2.05) is 0 Å². The first-order chi connectivity index (χ1) is 9.33. The summed E-state index contributed by atoms with van der Waals surface area (Å²) >= 11 is 0. The quantitative estimate of drug-likeness (QED) is 0.377. The van der Waals surface area contributed by atoms with Gasteiger partial charge in [0.15, 0.2) is 5.96 Å². The summed E-state index contributed by atoms with van der Waals surface area (Å²) in [4.78, 5) is 4.13. The third-order valence-electron chi connectivity index (χ3n) is 3.02. The Morgan fingerprint density at radius 3 is 2.35 bits per heavy atom. The maximum absolute atomic E-state index is 11.6. The zero-order valence-corrected chi connectivity index (χ0v) is 14.3. The number of nitrogens with zero attached hydrogens (tertiary/aromatic N) is 2. The van der Waals surface area contributed by atoms with E-state index in [0.29, 0.717) is 19.0 Å². The highest BCUT2D eigenvalue weighted by Gasteiger charge is 2.13. The summed E-state index contributed by atoms with van der Waals surface area (Å²) in [6.07, 6.45) is 1.85. The number of hydrogen-bond donors (Lipinski definition) is 2. The molecule has 0 radical (unpaired) electrons. The standard InChI is InChI=1S/C13H30N4O2S/c1-6-20(18,19)17(5)11-7-9-15-13(14-4)16-10-8-12(2)3/h12H,6-11H2,1-5H3,(H2,14,15,16). The largest absolute Gasteiger partial charge is 0.356 e. The van der Waals surface area contributed by atoms with Crippen molar-refractivity contribution in [1.82, 2.24) is 14.9 Å². The van der Waals surface area contributed by atoms with Crippen molar-refractivity contribution in [3.8, 4) is 0 Å². The molecule has 0 saturated heterocycles. The molecule has 0 atom stereocenters. The molecule has 0 spiro atoms. The Hall–Kier alpha value is -0.820. The first kappa shape index (κ1) is 19.2. The van der Waals surface area contributed by atoms with Gasteiger partial charge in [-0.15, -0.1) is 0 Å². The van der Waals surface area contributed by atoms with Gasteiger partial charge in [-0.3, -0.25) is 4.99 Å². The molecular formula is C13H30N4O2S. The fourth-order valence-electron chi connectivity index (χ4n) is 1.57. The van der Waals surface area contributed by atoms with Crippen LogP contribution in [-0.4, -0.2) is 58.2 Å². The van der Waals surface area contributed by atoms with Gasteiger partial charge in [-0.05, 0) is 25.7 Å². The molecule has 120 valence electrons. The minimum absolute atomic E-state index is 0.148. The monoisotopic (exact) mass is 306 g/mol. The van der Waals surface area contributed by atoms with Crippen molar-refractivity contribution < 1.29 is 8.42 Å². The van der Waals surface area contributed by atoms with Crippen molar-refractivity contribution in [2.24, 2.45) is 10.9 Å². The summed E-state index contributed by atoms with van der Waals surface area (Å²) in [5.41, 5.74) is 0. The molecule has 0 fully saturated rings. The molecule has 0 aromatic rings. The summed E-state index contributed by atoms with van der Waals surface area (Å²) in [5, 5.41) is 6.42. The molecule has 0 aromatic heterocycles. The zero-order chi connectivity index (χ0) is 15.6. The van der Waals surface area contributed by atoms with Crippen LogP contribution >= 0.6 is 0 Å². The first-order valence-electron chi connectivity index (χ1n) is 7.22. The predicted octanol–water partition coefficient (Wildman–Crippen LogP) is 0.869. The number of rotatable bonds is 9. The normalized spacial score (nSPS) is 13.1. The molecule has 0 bridgehead atoms. The molecule has 0 heterocycles. The summed E-state index contributed by atoms with van der Waals surface area (Å²) in [7, 11) is 0.286. The van der Waals surface area contributed by atoms with E-state index < -0.39 is 10.0 Å². The molecular weight excluding hydrogens is 276 g/mol. The van der Waals surface area contributed by atoms with Crippen molar-refractivity contribution >= 4 is 16.0 Å². The molecule has 0 saturated carbocycles. The molecule has 0 aliphatic heterocycles. The van der Waals surface area contributed by atoms with E-state index in [1.54, 1.807) is 21.0 Å². The fourth-order valence-corrected chi connectivity index (χ4v) is 2.42. The lowest BCUT2D eigenvalue weighted by atomic mass is 10.1. The number of nitrogens with one attached hydrogen (secondary N) is 2. The van der Waals surface area contributed by atoms with Gasteiger partial charge < -0.3 is 10.6 Å². The van der Waals surface area contributed by atoms with E-state index in [4.69, 9.17) is 0 Å². The molecule has 6 nitrogen and oxygen atoms in total. The SMILES string of the molecule is CCS(=O)(=O)N(C)CCCNC(=NC)NCCC(C)C. The van der Waals surface area contributed by atoms with Gasteiger partial charge in [-0.25, -0.2) is 12.7 Å². The van der Waals surface area contributed by atoms with Gasteiger partial charge in [0.05, 0.1) is 5.75 Å². The maximum atomic E-state index is 11.6. The summed E-state index contributed by atoms with van der Waals surface area (Å²) in [6.45, 7) is 8.13. The van der Waals surface area contributed by atoms with Crippen LogP contribution in [0.1, 0.15) is 33.6 Å². The van der Waals surface area contributed by atoms with E-state index in [-0.39, 0.29) is 5.75 Å². The summed E-state index contributed by atoms with van der Waals surface area (Å²) in [6, 6.07) is 0. The van der Waals surface area contributed by atoms with E-state index in [9.17, 15) is 8.42 Å². The van der Waals surface area contributed by atoms with Crippen LogP contribution in [0.4, 0.5) is 0 Å². The Kier molecular flexibility index (Phi) is 9.58. The smallest absolute Gasteiger partial charge is 0.213 e. The van der Waals surface area contributed by atoms with E-state index in [0.717, 1.165) is 25.3 Å². The van der Waals surface area contributed by atoms with Crippen LogP contribution in [0.3, 0.4) is 0 Å². The minimum Gasteiger partial charge on any atom is -0.356 e. The maximum Gasteiger partial charge on any atom is 0.213 e. The molecule has 0 unspecified atom stereocenters. The van der Waals surface area contributed by atoms with Crippen molar-refractivity contribution in [2.75, 3.05) is 39.5 Å². The third-order valence-corrected chi connectivity index (χ3v) is 4.88. The van der Waals surface area contributed by atoms with Gasteiger partial charge >= 0.3 is 0 Å². The summed E-state index contributed by atoms with van der Waals surface area (Å²) in [5.74, 6) is 1.58. The molecule has 0 aromatic carbocycles. The van der Waals surface area contributed by atoms with Crippen molar-refractivity contribution in [1.29, 1.82) is 0 Å². The van der Waals surface area contributed by atoms with Crippen LogP contribution in [0.5, 0.6) is 0 Å². The lowest BCUT2D eigenvalue weighted by Gasteiger charge is -2.17. The van der Waals surface area contributed by atoms with Crippen molar-refractivity contribution in [2.45, 2.75) is 33.6 Å². The van der Waals surface area contributed by atoms with Crippen LogP contribution in [0, 0.1) is 5.92 Å². The second kappa shape index (κ2) is 9.99. The Morgan fingerprint density at radius 1 is 1.25 bits per heavy atom. The molecule has 2 N–H and O–H groups in total. The highest BCUT2D eigenvalue weighted by molar-refractivity contribution is 7.89. The molecule has 20 heavy (non-hydrogen) atoms. The van der Waals surface area contributed by atoms with Crippen LogP contribution in [-0.2, 0) is 10.0 Å². The number of sulfonamides is 1. The average Bonchev–Trinajstić information content (AvgIpc) is 2.40. The second-order valence-corrected chi connectivity index (χ2v) is 7.55. The molecule has 0 amide bonds. The molecule has 7 heteroatoms. The van der Waals surface area contributed by atoms with Crippen LogP contribution in [0.15, 0.2) is 4.99 Å². The highest BCUT2D eigenvalue weighted by Crippen LogP contribution is 1.98. The zero-order valence-electron chi connectivity index (χ0n) is 13.4. The lowest BCUT2D eigenvalue weighted by molar-refractivity contribution is 0.461. The van der Waals surface area contributed by atoms with Gasteiger partial charge in [0.2, 0.25) is 10.0 Å². The van der Waals surface area contributed by atoms with Crippen molar-refractivity contribution in [3.05, 3.63) is 0 Å². The van der Waals surface area contributed by atoms with Gasteiger partial charge in [-0.1, -0.05) is 13.8 Å². The van der Waals surface area contributed by atoms with Crippen LogP contribution < -0.4 is 10.6 Å². The minimum atomic E-state index is -3.07. The van der Waals surface area contributed by atoms with Crippen LogP contribution in [0.2, 0.25) is 0 Å².